The number of hydrogen-bond acceptors (Lipinski definition) is 4. The van der Waals surface area contributed by atoms with Gasteiger partial charge in [0.25, 0.3) is 0 Å². The maximum Gasteiger partial charge on any atom is 0.0798 e. The van der Waals surface area contributed by atoms with E-state index in [4.69, 9.17) is 0 Å². The molecule has 3 nitrogen and oxygen atoms in total. The molecule has 1 unspecified atom stereocenters. The Kier molecular flexibility index (Phi) is 4.11. The zero-order chi connectivity index (χ0) is 13.0. The topological polar surface area (TPSA) is 45.2 Å². The van der Waals surface area contributed by atoms with Crippen molar-refractivity contribution in [3.63, 3.8) is 0 Å². The lowest BCUT2D eigenvalue weighted by atomic mass is 9.93. The summed E-state index contributed by atoms with van der Waals surface area (Å²) < 4.78 is 0. The molecule has 2 N–H and O–H groups in total. The first kappa shape index (κ1) is 13.2. The van der Waals surface area contributed by atoms with Crippen LogP contribution in [0.5, 0.6) is 0 Å². The minimum absolute atomic E-state index is 0.0643. The predicted molar refractivity (Wildman–Crippen MR) is 74.6 cm³/mol. The second-order valence-corrected chi connectivity index (χ2v) is 5.51. The smallest absolute Gasteiger partial charge is 0.0798 e. The average molecular weight is 262 g/mol. The third-order valence-corrected chi connectivity index (χ3v) is 4.15. The highest BCUT2D eigenvalue weighted by molar-refractivity contribution is 7.09. The number of hydrogen-bond donors (Lipinski definition) is 2. The standard InChI is InChI=1S/C14H18N2OS/c1-11-13(18-10-15-11)8-16-14(2,9-17)12-6-4-3-5-7-12/h3-7,10,16-17H,8-9H2,1-2H3. The van der Waals surface area contributed by atoms with Gasteiger partial charge in [-0.05, 0) is 19.4 Å². The van der Waals surface area contributed by atoms with Crippen molar-refractivity contribution in [3.8, 4) is 0 Å². The number of benzene rings is 1. The molecule has 0 saturated carbocycles. The van der Waals surface area contributed by atoms with E-state index < -0.39 is 5.54 Å². The van der Waals surface area contributed by atoms with Gasteiger partial charge in [0.15, 0.2) is 0 Å². The van der Waals surface area contributed by atoms with E-state index in [9.17, 15) is 5.11 Å². The summed E-state index contributed by atoms with van der Waals surface area (Å²) in [7, 11) is 0. The summed E-state index contributed by atoms with van der Waals surface area (Å²) in [4.78, 5) is 5.45. The summed E-state index contributed by atoms with van der Waals surface area (Å²) in [5.41, 5.74) is 3.58. The van der Waals surface area contributed by atoms with Gasteiger partial charge in [0.2, 0.25) is 0 Å². The van der Waals surface area contributed by atoms with Crippen molar-refractivity contribution in [1.29, 1.82) is 0 Å². The molecule has 1 heterocycles. The van der Waals surface area contributed by atoms with Crippen LogP contribution in [-0.4, -0.2) is 16.7 Å². The zero-order valence-corrected chi connectivity index (χ0v) is 11.5. The maximum absolute atomic E-state index is 9.66. The fourth-order valence-electron chi connectivity index (χ4n) is 1.83. The SMILES string of the molecule is Cc1ncsc1CNC(C)(CO)c1ccccc1. The molecule has 0 spiro atoms. The van der Waals surface area contributed by atoms with E-state index in [0.717, 1.165) is 17.8 Å². The highest BCUT2D eigenvalue weighted by Gasteiger charge is 2.25. The van der Waals surface area contributed by atoms with Gasteiger partial charge in [-0.1, -0.05) is 30.3 Å². The third kappa shape index (κ3) is 2.77. The van der Waals surface area contributed by atoms with Crippen molar-refractivity contribution >= 4 is 11.3 Å². The molecule has 18 heavy (non-hydrogen) atoms. The number of aromatic nitrogens is 1. The van der Waals surface area contributed by atoms with Gasteiger partial charge < -0.3 is 10.4 Å². The number of nitrogens with one attached hydrogen (secondary N) is 1. The van der Waals surface area contributed by atoms with Crippen LogP contribution in [0.2, 0.25) is 0 Å². The van der Waals surface area contributed by atoms with Crippen molar-refractivity contribution < 1.29 is 5.11 Å². The second kappa shape index (κ2) is 5.61. The summed E-state index contributed by atoms with van der Waals surface area (Å²) in [6, 6.07) is 10.0. The summed E-state index contributed by atoms with van der Waals surface area (Å²) in [6.45, 7) is 4.81. The second-order valence-electron chi connectivity index (χ2n) is 4.57. The molecule has 0 radical (unpaired) electrons. The fraction of sp³-hybridized carbons (Fsp3) is 0.357. The van der Waals surface area contributed by atoms with Crippen molar-refractivity contribution in [3.05, 3.63) is 52.0 Å². The van der Waals surface area contributed by atoms with Gasteiger partial charge in [0.1, 0.15) is 0 Å². The number of aliphatic hydroxyl groups is 1. The van der Waals surface area contributed by atoms with E-state index in [2.05, 4.69) is 10.3 Å². The van der Waals surface area contributed by atoms with Gasteiger partial charge in [0.05, 0.1) is 23.4 Å². The third-order valence-electron chi connectivity index (χ3n) is 3.21. The summed E-state index contributed by atoms with van der Waals surface area (Å²) in [5.74, 6) is 0. The average Bonchev–Trinajstić information content (AvgIpc) is 2.83. The molecular weight excluding hydrogens is 244 g/mol. The molecule has 4 heteroatoms. The summed E-state index contributed by atoms with van der Waals surface area (Å²) in [5, 5.41) is 13.1. The number of nitrogens with zero attached hydrogens (tertiary/aromatic N) is 1. The normalized spacial score (nSPS) is 14.4. The Morgan fingerprint density at radius 3 is 2.61 bits per heavy atom. The highest BCUT2D eigenvalue weighted by Crippen LogP contribution is 2.21. The van der Waals surface area contributed by atoms with Gasteiger partial charge in [-0.3, -0.25) is 0 Å². The molecule has 0 amide bonds. The van der Waals surface area contributed by atoms with Crippen LogP contribution >= 0.6 is 11.3 Å². The molecule has 96 valence electrons. The first-order valence-corrected chi connectivity index (χ1v) is 6.84. The Labute approximate surface area is 112 Å². The van der Waals surface area contributed by atoms with Crippen LogP contribution < -0.4 is 5.32 Å². The minimum atomic E-state index is -0.419. The number of rotatable bonds is 5. The molecule has 2 aromatic rings. The van der Waals surface area contributed by atoms with Crippen LogP contribution in [0.3, 0.4) is 0 Å². The molecular formula is C14H18N2OS. The van der Waals surface area contributed by atoms with Crippen LogP contribution in [0.15, 0.2) is 35.8 Å². The molecule has 0 aliphatic heterocycles. The Hall–Kier alpha value is -1.23. The lowest BCUT2D eigenvalue weighted by Crippen LogP contribution is -2.42. The molecule has 0 saturated heterocycles. The predicted octanol–water partition coefficient (Wildman–Crippen LogP) is 2.45. The van der Waals surface area contributed by atoms with E-state index in [0.29, 0.717) is 0 Å². The van der Waals surface area contributed by atoms with E-state index in [1.54, 1.807) is 11.3 Å². The largest absolute Gasteiger partial charge is 0.394 e. The van der Waals surface area contributed by atoms with Crippen LogP contribution in [0.4, 0.5) is 0 Å². The molecule has 1 aromatic heterocycles. The fourth-order valence-corrected chi connectivity index (χ4v) is 2.54. The monoisotopic (exact) mass is 262 g/mol. The molecule has 0 fully saturated rings. The quantitative estimate of drug-likeness (QED) is 0.870. The Morgan fingerprint density at radius 1 is 1.33 bits per heavy atom. The first-order valence-electron chi connectivity index (χ1n) is 5.96. The van der Waals surface area contributed by atoms with Crippen LogP contribution in [0.1, 0.15) is 23.1 Å². The highest BCUT2D eigenvalue weighted by atomic mass is 32.1. The molecule has 2 rings (SSSR count). The van der Waals surface area contributed by atoms with Crippen LogP contribution in [-0.2, 0) is 12.1 Å². The van der Waals surface area contributed by atoms with E-state index in [-0.39, 0.29) is 6.61 Å². The Bertz CT molecular complexity index is 498. The Balaban J connectivity index is 2.12. The number of thiazole rings is 1. The van der Waals surface area contributed by atoms with Gasteiger partial charge >= 0.3 is 0 Å². The van der Waals surface area contributed by atoms with E-state index >= 15 is 0 Å². The van der Waals surface area contributed by atoms with Crippen molar-refractivity contribution in [2.75, 3.05) is 6.61 Å². The van der Waals surface area contributed by atoms with Crippen molar-refractivity contribution in [2.45, 2.75) is 25.9 Å². The summed E-state index contributed by atoms with van der Waals surface area (Å²) in [6.07, 6.45) is 0. The lowest BCUT2D eigenvalue weighted by Gasteiger charge is -2.29. The van der Waals surface area contributed by atoms with Crippen LogP contribution in [0, 0.1) is 6.92 Å². The first-order chi connectivity index (χ1) is 8.65. The minimum Gasteiger partial charge on any atom is -0.394 e. The van der Waals surface area contributed by atoms with Gasteiger partial charge in [-0.2, -0.15) is 0 Å². The van der Waals surface area contributed by atoms with Gasteiger partial charge in [-0.25, -0.2) is 4.98 Å². The molecule has 0 aliphatic carbocycles. The number of aryl methyl sites for hydroxylation is 1. The molecule has 1 atom stereocenters. The van der Waals surface area contributed by atoms with Crippen molar-refractivity contribution in [2.24, 2.45) is 0 Å². The van der Waals surface area contributed by atoms with Gasteiger partial charge in [-0.15, -0.1) is 11.3 Å². The van der Waals surface area contributed by atoms with E-state index in [1.807, 2.05) is 49.7 Å². The van der Waals surface area contributed by atoms with Gasteiger partial charge in [0, 0.05) is 11.4 Å². The molecule has 0 bridgehead atoms. The van der Waals surface area contributed by atoms with Crippen LogP contribution in [0.25, 0.3) is 0 Å². The Morgan fingerprint density at radius 2 is 2.06 bits per heavy atom. The van der Waals surface area contributed by atoms with Crippen molar-refractivity contribution in [1.82, 2.24) is 10.3 Å². The number of aliphatic hydroxyl groups excluding tert-OH is 1. The molecule has 0 aliphatic rings. The summed E-state index contributed by atoms with van der Waals surface area (Å²) >= 11 is 1.64. The van der Waals surface area contributed by atoms with E-state index in [1.165, 1.54) is 4.88 Å². The molecule has 1 aromatic carbocycles. The zero-order valence-electron chi connectivity index (χ0n) is 10.7. The maximum atomic E-state index is 9.66. The lowest BCUT2D eigenvalue weighted by molar-refractivity contribution is 0.174.